The van der Waals surface area contributed by atoms with Gasteiger partial charge in [0.15, 0.2) is 0 Å². The number of hydrogen-bond acceptors (Lipinski definition) is 2. The van der Waals surface area contributed by atoms with Crippen LogP contribution in [0.25, 0.3) is 0 Å². The van der Waals surface area contributed by atoms with E-state index in [9.17, 15) is 4.79 Å². The van der Waals surface area contributed by atoms with E-state index in [0.717, 1.165) is 16.9 Å². The fraction of sp³-hybridized carbons (Fsp3) is 0.350. The topological polar surface area (TPSA) is 41.1 Å². The molecule has 0 heterocycles. The molecule has 1 amide bonds. The Morgan fingerprint density at radius 2 is 1.65 bits per heavy atom. The van der Waals surface area contributed by atoms with Crippen molar-refractivity contribution in [3.8, 4) is 0 Å². The molecule has 2 N–H and O–H groups in total. The van der Waals surface area contributed by atoms with E-state index >= 15 is 0 Å². The van der Waals surface area contributed by atoms with Gasteiger partial charge in [-0.25, -0.2) is 0 Å². The lowest BCUT2D eigenvalue weighted by Crippen LogP contribution is -2.22. The molecule has 0 bridgehead atoms. The van der Waals surface area contributed by atoms with Crippen molar-refractivity contribution in [3.63, 3.8) is 0 Å². The van der Waals surface area contributed by atoms with Crippen LogP contribution in [0.1, 0.15) is 37.5 Å². The van der Waals surface area contributed by atoms with E-state index in [4.69, 9.17) is 0 Å². The highest BCUT2D eigenvalue weighted by Gasteiger charge is 2.13. The lowest BCUT2D eigenvalue weighted by Gasteiger charge is -2.19. The normalized spacial score (nSPS) is 11.2. The molecule has 3 nitrogen and oxygen atoms in total. The van der Waals surface area contributed by atoms with Gasteiger partial charge in [0, 0.05) is 11.4 Å². The fourth-order valence-corrected chi connectivity index (χ4v) is 2.35. The first kappa shape index (κ1) is 17.1. The van der Waals surface area contributed by atoms with Crippen LogP contribution in [0.3, 0.4) is 0 Å². The van der Waals surface area contributed by atoms with Crippen molar-refractivity contribution in [1.82, 2.24) is 0 Å². The summed E-state index contributed by atoms with van der Waals surface area (Å²) >= 11 is 0. The van der Waals surface area contributed by atoms with Crippen molar-refractivity contribution >= 4 is 17.3 Å². The third kappa shape index (κ3) is 4.59. The molecule has 0 radical (unpaired) electrons. The number of carbonyl (C=O) groups is 1. The number of carbonyl (C=O) groups excluding carboxylic acids is 1. The van der Waals surface area contributed by atoms with E-state index in [1.54, 1.807) is 0 Å². The minimum Gasteiger partial charge on any atom is -0.376 e. The fourth-order valence-electron chi connectivity index (χ4n) is 2.35. The molecular formula is C20H26N2O. The zero-order valence-electron chi connectivity index (χ0n) is 14.7. The molecule has 0 fully saturated rings. The van der Waals surface area contributed by atoms with Gasteiger partial charge in [0.05, 0.1) is 6.54 Å². The van der Waals surface area contributed by atoms with Gasteiger partial charge < -0.3 is 10.6 Å². The Bertz CT molecular complexity index is 682. The van der Waals surface area contributed by atoms with E-state index in [-0.39, 0.29) is 17.9 Å². The standard InChI is InChI=1S/C20H26N2O/c1-14-7-6-8-18(15(14)2)22-19(23)13-21-17-11-9-16(10-12-17)20(3,4)5/h6-12,21H,13H2,1-5H3,(H,22,23). The summed E-state index contributed by atoms with van der Waals surface area (Å²) in [5.41, 5.74) is 5.53. The van der Waals surface area contributed by atoms with Crippen molar-refractivity contribution < 1.29 is 4.79 Å². The summed E-state index contributed by atoms with van der Waals surface area (Å²) in [5.74, 6) is -0.0430. The van der Waals surface area contributed by atoms with Gasteiger partial charge in [0.2, 0.25) is 5.91 Å². The van der Waals surface area contributed by atoms with E-state index < -0.39 is 0 Å². The Morgan fingerprint density at radius 3 is 2.26 bits per heavy atom. The van der Waals surface area contributed by atoms with E-state index in [2.05, 4.69) is 43.5 Å². The monoisotopic (exact) mass is 310 g/mol. The highest BCUT2D eigenvalue weighted by molar-refractivity contribution is 5.94. The molecule has 0 aliphatic carbocycles. The van der Waals surface area contributed by atoms with Crippen LogP contribution in [-0.4, -0.2) is 12.5 Å². The molecule has 0 aromatic heterocycles. The molecule has 23 heavy (non-hydrogen) atoms. The van der Waals surface area contributed by atoms with Crippen molar-refractivity contribution in [2.75, 3.05) is 17.2 Å². The second kappa shape index (κ2) is 6.86. The zero-order chi connectivity index (χ0) is 17.0. The number of amides is 1. The first-order valence-electron chi connectivity index (χ1n) is 7.98. The predicted molar refractivity (Wildman–Crippen MR) is 98.2 cm³/mol. The minimum absolute atomic E-state index is 0.0430. The Labute approximate surface area is 139 Å². The van der Waals surface area contributed by atoms with Crippen molar-refractivity contribution in [2.24, 2.45) is 0 Å². The summed E-state index contributed by atoms with van der Waals surface area (Å²) in [7, 11) is 0. The number of rotatable bonds is 4. The number of benzene rings is 2. The Morgan fingerprint density at radius 1 is 1.00 bits per heavy atom. The SMILES string of the molecule is Cc1cccc(NC(=O)CNc2ccc(C(C)(C)C)cc2)c1C. The lowest BCUT2D eigenvalue weighted by atomic mass is 9.87. The quantitative estimate of drug-likeness (QED) is 0.863. The highest BCUT2D eigenvalue weighted by Crippen LogP contribution is 2.23. The Hall–Kier alpha value is -2.29. The number of hydrogen-bond donors (Lipinski definition) is 2. The van der Waals surface area contributed by atoms with Crippen molar-refractivity contribution in [3.05, 3.63) is 59.2 Å². The highest BCUT2D eigenvalue weighted by atomic mass is 16.1. The maximum atomic E-state index is 12.1. The van der Waals surface area contributed by atoms with Crippen LogP contribution in [-0.2, 0) is 10.2 Å². The lowest BCUT2D eigenvalue weighted by molar-refractivity contribution is -0.114. The number of aryl methyl sites for hydroxylation is 1. The molecule has 0 aliphatic heterocycles. The maximum absolute atomic E-state index is 12.1. The van der Waals surface area contributed by atoms with Crippen LogP contribution in [0.2, 0.25) is 0 Å². The van der Waals surface area contributed by atoms with Gasteiger partial charge in [0.25, 0.3) is 0 Å². The number of anilines is 2. The molecule has 3 heteroatoms. The molecule has 2 aromatic rings. The first-order valence-corrected chi connectivity index (χ1v) is 7.98. The van der Waals surface area contributed by atoms with Gasteiger partial charge in [-0.05, 0) is 54.2 Å². The second-order valence-corrected chi connectivity index (χ2v) is 6.98. The largest absolute Gasteiger partial charge is 0.376 e. The van der Waals surface area contributed by atoms with E-state index in [1.165, 1.54) is 11.1 Å². The molecule has 2 rings (SSSR count). The van der Waals surface area contributed by atoms with Crippen LogP contribution in [0.4, 0.5) is 11.4 Å². The van der Waals surface area contributed by atoms with Gasteiger partial charge in [-0.15, -0.1) is 0 Å². The average molecular weight is 310 g/mol. The maximum Gasteiger partial charge on any atom is 0.243 e. The molecule has 0 saturated heterocycles. The van der Waals surface area contributed by atoms with Gasteiger partial charge >= 0.3 is 0 Å². The summed E-state index contributed by atoms with van der Waals surface area (Å²) in [4.78, 5) is 12.1. The molecular weight excluding hydrogens is 284 g/mol. The predicted octanol–water partition coefficient (Wildman–Crippen LogP) is 4.65. The molecule has 122 valence electrons. The zero-order valence-corrected chi connectivity index (χ0v) is 14.7. The Kier molecular flexibility index (Phi) is 5.09. The first-order chi connectivity index (χ1) is 10.8. The summed E-state index contributed by atoms with van der Waals surface area (Å²) in [6, 6.07) is 14.2. The molecule has 2 aromatic carbocycles. The van der Waals surface area contributed by atoms with Crippen LogP contribution in [0, 0.1) is 13.8 Å². The van der Waals surface area contributed by atoms with Gasteiger partial charge in [-0.3, -0.25) is 4.79 Å². The Balaban J connectivity index is 1.93. The average Bonchev–Trinajstić information content (AvgIpc) is 2.49. The van der Waals surface area contributed by atoms with Gasteiger partial charge in [-0.1, -0.05) is 45.0 Å². The molecule has 0 saturated carbocycles. The summed E-state index contributed by atoms with van der Waals surface area (Å²) < 4.78 is 0. The third-order valence-corrected chi connectivity index (χ3v) is 4.08. The van der Waals surface area contributed by atoms with Crippen molar-refractivity contribution in [2.45, 2.75) is 40.0 Å². The molecule has 0 spiro atoms. The van der Waals surface area contributed by atoms with E-state index in [0.29, 0.717) is 0 Å². The van der Waals surface area contributed by atoms with Gasteiger partial charge in [-0.2, -0.15) is 0 Å². The molecule has 0 aliphatic rings. The summed E-state index contributed by atoms with van der Waals surface area (Å²) in [6.45, 7) is 10.9. The molecule has 0 atom stereocenters. The second-order valence-electron chi connectivity index (χ2n) is 6.98. The summed E-state index contributed by atoms with van der Waals surface area (Å²) in [5, 5.41) is 6.12. The van der Waals surface area contributed by atoms with Crippen LogP contribution >= 0.6 is 0 Å². The van der Waals surface area contributed by atoms with Crippen LogP contribution < -0.4 is 10.6 Å². The van der Waals surface area contributed by atoms with Crippen molar-refractivity contribution in [1.29, 1.82) is 0 Å². The van der Waals surface area contributed by atoms with Crippen LogP contribution in [0.5, 0.6) is 0 Å². The van der Waals surface area contributed by atoms with E-state index in [1.807, 2.05) is 44.2 Å². The number of nitrogens with one attached hydrogen (secondary N) is 2. The summed E-state index contributed by atoms with van der Waals surface area (Å²) in [6.07, 6.45) is 0. The molecule has 0 unspecified atom stereocenters. The smallest absolute Gasteiger partial charge is 0.243 e. The van der Waals surface area contributed by atoms with Gasteiger partial charge in [0.1, 0.15) is 0 Å². The minimum atomic E-state index is -0.0430. The third-order valence-electron chi connectivity index (χ3n) is 4.08. The van der Waals surface area contributed by atoms with Crippen LogP contribution in [0.15, 0.2) is 42.5 Å².